The molecule has 2 N–H and O–H groups in total. The Morgan fingerprint density at radius 3 is 3.10 bits per heavy atom. The van der Waals surface area contributed by atoms with Crippen molar-refractivity contribution in [2.24, 2.45) is 0 Å². The summed E-state index contributed by atoms with van der Waals surface area (Å²) in [5, 5.41) is 6.11. The topological polar surface area (TPSA) is 67.2 Å². The number of aryl methyl sites for hydroxylation is 1. The molecule has 2 aromatic rings. The standard InChI is InChI=1S/C15H19N3O2.ClH/c1-10-4-2-6-12-14(10)18-13(20-12)7-9-17-15(19)11-5-3-8-16-11;/h2,4,6,11,16H,3,5,7-9H2,1H3,(H,17,19);1H. The van der Waals surface area contributed by atoms with Gasteiger partial charge in [-0.2, -0.15) is 0 Å². The van der Waals surface area contributed by atoms with Crippen LogP contribution >= 0.6 is 12.4 Å². The molecule has 0 radical (unpaired) electrons. The molecule has 1 unspecified atom stereocenters. The molecule has 0 saturated carbocycles. The molecule has 114 valence electrons. The number of nitrogens with one attached hydrogen (secondary N) is 2. The van der Waals surface area contributed by atoms with E-state index in [0.29, 0.717) is 18.9 Å². The van der Waals surface area contributed by atoms with Crippen LogP contribution in [-0.4, -0.2) is 30.0 Å². The second kappa shape index (κ2) is 6.91. The van der Waals surface area contributed by atoms with E-state index < -0.39 is 0 Å². The zero-order valence-electron chi connectivity index (χ0n) is 12.0. The van der Waals surface area contributed by atoms with Gasteiger partial charge in [0, 0.05) is 13.0 Å². The predicted octanol–water partition coefficient (Wildman–Crippen LogP) is 1.97. The van der Waals surface area contributed by atoms with Gasteiger partial charge in [-0.15, -0.1) is 12.4 Å². The Kier molecular flexibility index (Phi) is 5.20. The molecule has 0 aliphatic carbocycles. The first-order chi connectivity index (χ1) is 9.74. The molecule has 1 aromatic heterocycles. The molecule has 3 rings (SSSR count). The first-order valence-electron chi connectivity index (χ1n) is 7.10. The minimum Gasteiger partial charge on any atom is -0.441 e. The summed E-state index contributed by atoms with van der Waals surface area (Å²) in [6.07, 6.45) is 2.61. The molecular weight excluding hydrogens is 290 g/mol. The maximum atomic E-state index is 11.8. The zero-order valence-corrected chi connectivity index (χ0v) is 12.8. The maximum Gasteiger partial charge on any atom is 0.237 e. The highest BCUT2D eigenvalue weighted by Gasteiger charge is 2.21. The molecule has 1 saturated heterocycles. The Morgan fingerprint density at radius 2 is 2.38 bits per heavy atom. The van der Waals surface area contributed by atoms with Crippen LogP contribution in [0, 0.1) is 6.92 Å². The molecular formula is C15H20ClN3O2. The second-order valence-corrected chi connectivity index (χ2v) is 5.22. The molecule has 21 heavy (non-hydrogen) atoms. The van der Waals surface area contributed by atoms with E-state index in [-0.39, 0.29) is 24.4 Å². The normalized spacial score (nSPS) is 17.7. The van der Waals surface area contributed by atoms with E-state index in [1.807, 2.05) is 25.1 Å². The molecule has 0 bridgehead atoms. The summed E-state index contributed by atoms with van der Waals surface area (Å²) in [5.74, 6) is 0.753. The molecule has 6 heteroatoms. The predicted molar refractivity (Wildman–Crippen MR) is 83.7 cm³/mol. The Bertz CT molecular complexity index is 620. The van der Waals surface area contributed by atoms with Gasteiger partial charge < -0.3 is 15.1 Å². The van der Waals surface area contributed by atoms with Crippen molar-refractivity contribution >= 4 is 29.4 Å². The summed E-state index contributed by atoms with van der Waals surface area (Å²) in [5.41, 5.74) is 2.83. The summed E-state index contributed by atoms with van der Waals surface area (Å²) in [6.45, 7) is 3.51. The monoisotopic (exact) mass is 309 g/mol. The van der Waals surface area contributed by atoms with Crippen molar-refractivity contribution in [1.82, 2.24) is 15.6 Å². The number of carbonyl (C=O) groups excluding carboxylic acids is 1. The lowest BCUT2D eigenvalue weighted by atomic mass is 10.2. The highest BCUT2D eigenvalue weighted by Crippen LogP contribution is 2.18. The third kappa shape index (κ3) is 3.54. The van der Waals surface area contributed by atoms with Crippen molar-refractivity contribution in [3.8, 4) is 0 Å². The lowest BCUT2D eigenvalue weighted by Gasteiger charge is -2.09. The lowest BCUT2D eigenvalue weighted by Crippen LogP contribution is -2.41. The number of carbonyl (C=O) groups is 1. The minimum absolute atomic E-state index is 0. The van der Waals surface area contributed by atoms with Gasteiger partial charge >= 0.3 is 0 Å². The number of fused-ring (bicyclic) bond motifs is 1. The number of oxazole rings is 1. The molecule has 1 aliphatic rings. The van der Waals surface area contributed by atoms with E-state index in [0.717, 1.165) is 36.0 Å². The van der Waals surface area contributed by atoms with Crippen LogP contribution in [-0.2, 0) is 11.2 Å². The Balaban J connectivity index is 0.00000161. The average molecular weight is 310 g/mol. The molecule has 1 amide bonds. The van der Waals surface area contributed by atoms with E-state index in [9.17, 15) is 4.79 Å². The van der Waals surface area contributed by atoms with Crippen molar-refractivity contribution in [3.05, 3.63) is 29.7 Å². The number of aromatic nitrogens is 1. The smallest absolute Gasteiger partial charge is 0.237 e. The fourth-order valence-corrected chi connectivity index (χ4v) is 2.56. The molecule has 1 aliphatic heterocycles. The summed E-state index contributed by atoms with van der Waals surface area (Å²) >= 11 is 0. The number of halogens is 1. The van der Waals surface area contributed by atoms with Gasteiger partial charge in [0.2, 0.25) is 5.91 Å². The van der Waals surface area contributed by atoms with Crippen LogP contribution in [0.25, 0.3) is 11.1 Å². The Hall–Kier alpha value is -1.59. The van der Waals surface area contributed by atoms with Crippen LogP contribution in [0.1, 0.15) is 24.3 Å². The quantitative estimate of drug-likeness (QED) is 0.906. The van der Waals surface area contributed by atoms with Gasteiger partial charge in [-0.25, -0.2) is 4.98 Å². The van der Waals surface area contributed by atoms with Crippen molar-refractivity contribution in [2.75, 3.05) is 13.1 Å². The van der Waals surface area contributed by atoms with Crippen LogP contribution < -0.4 is 10.6 Å². The van der Waals surface area contributed by atoms with E-state index in [1.54, 1.807) is 0 Å². The van der Waals surface area contributed by atoms with E-state index >= 15 is 0 Å². The minimum atomic E-state index is -0.0270. The number of hydrogen-bond donors (Lipinski definition) is 2. The molecule has 1 aromatic carbocycles. The number of hydrogen-bond acceptors (Lipinski definition) is 4. The highest BCUT2D eigenvalue weighted by atomic mass is 35.5. The van der Waals surface area contributed by atoms with E-state index in [1.165, 1.54) is 0 Å². The second-order valence-electron chi connectivity index (χ2n) is 5.22. The van der Waals surface area contributed by atoms with Crippen molar-refractivity contribution in [1.29, 1.82) is 0 Å². The summed E-state index contributed by atoms with van der Waals surface area (Å²) < 4.78 is 5.68. The summed E-state index contributed by atoms with van der Waals surface area (Å²) in [6, 6.07) is 5.86. The van der Waals surface area contributed by atoms with Crippen LogP contribution in [0.3, 0.4) is 0 Å². The first kappa shape index (κ1) is 15.8. The Morgan fingerprint density at radius 1 is 1.52 bits per heavy atom. The molecule has 1 fully saturated rings. The number of benzene rings is 1. The fourth-order valence-electron chi connectivity index (χ4n) is 2.56. The molecule has 2 heterocycles. The van der Waals surface area contributed by atoms with Gasteiger partial charge in [-0.3, -0.25) is 4.79 Å². The van der Waals surface area contributed by atoms with Gasteiger partial charge in [0.15, 0.2) is 11.5 Å². The highest BCUT2D eigenvalue weighted by molar-refractivity contribution is 5.85. The van der Waals surface area contributed by atoms with E-state index in [4.69, 9.17) is 4.42 Å². The van der Waals surface area contributed by atoms with Gasteiger partial charge in [0.05, 0.1) is 6.04 Å². The van der Waals surface area contributed by atoms with Crippen LogP contribution in [0.15, 0.2) is 22.6 Å². The molecule has 0 spiro atoms. The summed E-state index contributed by atoms with van der Waals surface area (Å²) in [4.78, 5) is 16.3. The van der Waals surface area contributed by atoms with Crippen LogP contribution in [0.5, 0.6) is 0 Å². The van der Waals surface area contributed by atoms with Crippen LogP contribution in [0.2, 0.25) is 0 Å². The summed E-state index contributed by atoms with van der Waals surface area (Å²) in [7, 11) is 0. The zero-order chi connectivity index (χ0) is 13.9. The van der Waals surface area contributed by atoms with Crippen molar-refractivity contribution in [3.63, 3.8) is 0 Å². The maximum absolute atomic E-state index is 11.8. The third-order valence-corrected chi connectivity index (χ3v) is 3.68. The molecule has 5 nitrogen and oxygen atoms in total. The SMILES string of the molecule is Cc1cccc2oc(CCNC(=O)C3CCCN3)nc12.Cl. The van der Waals surface area contributed by atoms with Gasteiger partial charge in [-0.05, 0) is 37.9 Å². The third-order valence-electron chi connectivity index (χ3n) is 3.68. The fraction of sp³-hybridized carbons (Fsp3) is 0.467. The van der Waals surface area contributed by atoms with Crippen molar-refractivity contribution < 1.29 is 9.21 Å². The Labute approximate surface area is 129 Å². The average Bonchev–Trinajstić information content (AvgIpc) is 3.07. The van der Waals surface area contributed by atoms with Gasteiger partial charge in [0.1, 0.15) is 5.52 Å². The lowest BCUT2D eigenvalue weighted by molar-refractivity contribution is -0.122. The van der Waals surface area contributed by atoms with Crippen LogP contribution in [0.4, 0.5) is 0 Å². The number of rotatable bonds is 4. The number of amides is 1. The van der Waals surface area contributed by atoms with Gasteiger partial charge in [-0.1, -0.05) is 12.1 Å². The number of nitrogens with zero attached hydrogens (tertiary/aromatic N) is 1. The van der Waals surface area contributed by atoms with Gasteiger partial charge in [0.25, 0.3) is 0 Å². The van der Waals surface area contributed by atoms with Crippen molar-refractivity contribution in [2.45, 2.75) is 32.2 Å². The molecule has 1 atom stereocenters. The number of para-hydroxylation sites is 1. The largest absolute Gasteiger partial charge is 0.441 e. The van der Waals surface area contributed by atoms with E-state index in [2.05, 4.69) is 15.6 Å². The first-order valence-corrected chi connectivity index (χ1v) is 7.10.